The largest absolute Gasteiger partial charge is 0.506 e. The Morgan fingerprint density at radius 3 is 2.37 bits per heavy atom. The first-order valence-corrected chi connectivity index (χ1v) is 10.4. The first-order valence-electron chi connectivity index (χ1n) is 8.91. The number of nitrogens with zero attached hydrogens (tertiary/aromatic N) is 2. The molecule has 0 saturated carbocycles. The number of fused-ring (bicyclic) bond motifs is 1. The van der Waals surface area contributed by atoms with Gasteiger partial charge in [0.25, 0.3) is 10.0 Å². The molecule has 0 aliphatic rings. The van der Waals surface area contributed by atoms with Gasteiger partial charge in [-0.3, -0.25) is 0 Å². The van der Waals surface area contributed by atoms with Gasteiger partial charge in [0.15, 0.2) is 17.3 Å². The lowest BCUT2D eigenvalue weighted by Crippen LogP contribution is -2.14. The molecule has 3 N–H and O–H groups in total. The number of anilines is 1. The summed E-state index contributed by atoms with van der Waals surface area (Å²) >= 11 is 0. The van der Waals surface area contributed by atoms with Crippen molar-refractivity contribution in [2.75, 3.05) is 20.0 Å². The van der Waals surface area contributed by atoms with E-state index in [2.05, 4.69) is 4.98 Å². The van der Waals surface area contributed by atoms with E-state index < -0.39 is 10.0 Å². The summed E-state index contributed by atoms with van der Waals surface area (Å²) in [5.74, 6) is 0.757. The lowest BCUT2D eigenvalue weighted by Gasteiger charge is -2.12. The molecule has 0 bridgehead atoms. The molecule has 1 heterocycles. The van der Waals surface area contributed by atoms with Gasteiger partial charge in [0, 0.05) is 5.56 Å². The van der Waals surface area contributed by atoms with Gasteiger partial charge in [-0.2, -0.15) is 0 Å². The fraction of sp³-hybridized carbons (Fsp3) is 0.0952. The van der Waals surface area contributed by atoms with Crippen LogP contribution in [0.15, 0.2) is 65.6 Å². The van der Waals surface area contributed by atoms with Gasteiger partial charge in [0.05, 0.1) is 30.3 Å². The molecule has 0 fully saturated rings. The molecule has 0 aliphatic carbocycles. The van der Waals surface area contributed by atoms with Gasteiger partial charge in [-0.25, -0.2) is 17.4 Å². The standard InChI is InChI=1S/C21H19N3O5S/c1-28-18-11-9-16-19(20(18)29-2)23-21(13-8-10-17(25)15(22)12-13)24(16)30(26,27)14-6-4-3-5-7-14/h3-12,25H,22H2,1-2H3. The van der Waals surface area contributed by atoms with E-state index in [0.29, 0.717) is 28.1 Å². The summed E-state index contributed by atoms with van der Waals surface area (Å²) in [6.45, 7) is 0. The van der Waals surface area contributed by atoms with E-state index >= 15 is 0 Å². The maximum atomic E-state index is 13.6. The van der Waals surface area contributed by atoms with E-state index in [1.54, 1.807) is 36.4 Å². The number of methoxy groups -OCH3 is 2. The van der Waals surface area contributed by atoms with Crippen LogP contribution in [0.3, 0.4) is 0 Å². The predicted octanol–water partition coefficient (Wildman–Crippen LogP) is 3.25. The maximum absolute atomic E-state index is 13.6. The molecule has 30 heavy (non-hydrogen) atoms. The van der Waals surface area contributed by atoms with Gasteiger partial charge in [-0.05, 0) is 42.5 Å². The van der Waals surface area contributed by atoms with E-state index in [4.69, 9.17) is 15.2 Å². The number of aromatic hydroxyl groups is 1. The van der Waals surface area contributed by atoms with Crippen molar-refractivity contribution < 1.29 is 23.0 Å². The number of phenolic OH excluding ortho intramolecular Hbond substituents is 1. The molecular weight excluding hydrogens is 406 g/mol. The summed E-state index contributed by atoms with van der Waals surface area (Å²) in [4.78, 5) is 4.67. The second kappa shape index (κ2) is 7.27. The Labute approximate surface area is 173 Å². The summed E-state index contributed by atoms with van der Waals surface area (Å²) in [7, 11) is -1.07. The van der Waals surface area contributed by atoms with E-state index in [1.807, 2.05) is 0 Å². The first kappa shape index (κ1) is 19.6. The molecule has 4 aromatic rings. The zero-order valence-corrected chi connectivity index (χ0v) is 17.1. The Bertz CT molecular complexity index is 1350. The highest BCUT2D eigenvalue weighted by Crippen LogP contribution is 2.39. The first-order chi connectivity index (χ1) is 14.4. The molecule has 0 atom stereocenters. The van der Waals surface area contributed by atoms with Crippen LogP contribution < -0.4 is 15.2 Å². The fourth-order valence-corrected chi connectivity index (χ4v) is 4.75. The predicted molar refractivity (Wildman–Crippen MR) is 113 cm³/mol. The van der Waals surface area contributed by atoms with E-state index in [-0.39, 0.29) is 22.2 Å². The monoisotopic (exact) mass is 425 g/mol. The number of hydrogen-bond acceptors (Lipinski definition) is 7. The topological polar surface area (TPSA) is 117 Å². The summed E-state index contributed by atoms with van der Waals surface area (Å²) in [5.41, 5.74) is 7.00. The van der Waals surface area contributed by atoms with Crippen molar-refractivity contribution in [1.29, 1.82) is 0 Å². The van der Waals surface area contributed by atoms with Crippen molar-refractivity contribution in [1.82, 2.24) is 8.96 Å². The molecule has 0 amide bonds. The number of nitrogens with two attached hydrogens (primary N) is 1. The van der Waals surface area contributed by atoms with E-state index in [0.717, 1.165) is 3.97 Å². The number of ether oxygens (including phenoxy) is 2. The highest BCUT2D eigenvalue weighted by molar-refractivity contribution is 7.90. The van der Waals surface area contributed by atoms with Crippen LogP contribution in [0.4, 0.5) is 5.69 Å². The zero-order valence-electron chi connectivity index (χ0n) is 16.2. The minimum absolute atomic E-state index is 0.104. The number of rotatable bonds is 5. The molecule has 0 spiro atoms. The second-order valence-electron chi connectivity index (χ2n) is 6.46. The van der Waals surface area contributed by atoms with Crippen molar-refractivity contribution in [2.24, 2.45) is 0 Å². The SMILES string of the molecule is COc1ccc2c(nc(-c3ccc(O)c(N)c3)n2S(=O)(=O)c2ccccc2)c1OC. The number of hydrogen-bond donors (Lipinski definition) is 2. The zero-order chi connectivity index (χ0) is 21.5. The van der Waals surface area contributed by atoms with Crippen molar-refractivity contribution in [3.8, 4) is 28.6 Å². The Morgan fingerprint density at radius 2 is 1.73 bits per heavy atom. The molecule has 8 nitrogen and oxygen atoms in total. The summed E-state index contributed by atoms with van der Waals surface area (Å²) in [6.07, 6.45) is 0. The molecule has 0 radical (unpaired) electrons. The third-order valence-electron chi connectivity index (χ3n) is 4.69. The molecule has 0 saturated heterocycles. The smallest absolute Gasteiger partial charge is 0.269 e. The quantitative estimate of drug-likeness (QED) is 0.372. The minimum atomic E-state index is -4.01. The summed E-state index contributed by atoms with van der Waals surface area (Å²) in [6, 6.07) is 15.7. The highest BCUT2D eigenvalue weighted by atomic mass is 32.2. The molecular formula is C21H19N3O5S. The highest BCUT2D eigenvalue weighted by Gasteiger charge is 2.27. The van der Waals surface area contributed by atoms with Gasteiger partial charge in [-0.1, -0.05) is 18.2 Å². The van der Waals surface area contributed by atoms with Gasteiger partial charge in [0.1, 0.15) is 11.3 Å². The van der Waals surface area contributed by atoms with E-state index in [9.17, 15) is 13.5 Å². The van der Waals surface area contributed by atoms with Gasteiger partial charge in [-0.15, -0.1) is 0 Å². The average Bonchev–Trinajstić information content (AvgIpc) is 3.16. The summed E-state index contributed by atoms with van der Waals surface area (Å²) in [5, 5.41) is 9.78. The number of benzene rings is 3. The Kier molecular flexibility index (Phi) is 4.75. The fourth-order valence-electron chi connectivity index (χ4n) is 3.25. The normalized spacial score (nSPS) is 11.5. The van der Waals surface area contributed by atoms with Crippen molar-refractivity contribution in [3.05, 3.63) is 60.7 Å². The third kappa shape index (κ3) is 3.00. The lowest BCUT2D eigenvalue weighted by molar-refractivity contribution is 0.358. The average molecular weight is 425 g/mol. The van der Waals surface area contributed by atoms with Crippen molar-refractivity contribution >= 4 is 26.7 Å². The molecule has 9 heteroatoms. The van der Waals surface area contributed by atoms with Crippen LogP contribution in [-0.4, -0.2) is 36.7 Å². The third-order valence-corrected chi connectivity index (χ3v) is 6.41. The molecule has 0 aliphatic heterocycles. The molecule has 154 valence electrons. The Hall–Kier alpha value is -3.72. The van der Waals surface area contributed by atoms with Crippen LogP contribution in [0.1, 0.15) is 0 Å². The molecule has 3 aromatic carbocycles. The van der Waals surface area contributed by atoms with Crippen LogP contribution in [0.5, 0.6) is 17.2 Å². The number of nitrogen functional groups attached to an aromatic ring is 1. The van der Waals surface area contributed by atoms with Crippen LogP contribution in [-0.2, 0) is 10.0 Å². The maximum Gasteiger partial charge on any atom is 0.269 e. The molecule has 1 aromatic heterocycles. The van der Waals surface area contributed by atoms with Crippen LogP contribution >= 0.6 is 0 Å². The molecule has 4 rings (SSSR count). The van der Waals surface area contributed by atoms with Gasteiger partial charge < -0.3 is 20.3 Å². The van der Waals surface area contributed by atoms with Crippen molar-refractivity contribution in [3.63, 3.8) is 0 Å². The second-order valence-corrected chi connectivity index (χ2v) is 8.25. The van der Waals surface area contributed by atoms with E-state index in [1.165, 1.54) is 38.5 Å². The lowest BCUT2D eigenvalue weighted by atomic mass is 10.2. The van der Waals surface area contributed by atoms with Crippen LogP contribution in [0.25, 0.3) is 22.4 Å². The Morgan fingerprint density at radius 1 is 1.00 bits per heavy atom. The van der Waals surface area contributed by atoms with Gasteiger partial charge >= 0.3 is 0 Å². The van der Waals surface area contributed by atoms with Gasteiger partial charge in [0.2, 0.25) is 0 Å². The van der Waals surface area contributed by atoms with Crippen LogP contribution in [0.2, 0.25) is 0 Å². The number of aromatic nitrogens is 2. The molecule has 0 unspecified atom stereocenters. The Balaban J connectivity index is 2.12. The summed E-state index contributed by atoms with van der Waals surface area (Å²) < 4.78 is 39.1. The minimum Gasteiger partial charge on any atom is -0.506 e. The van der Waals surface area contributed by atoms with Crippen LogP contribution in [0, 0.1) is 0 Å². The number of imidazole rings is 1. The van der Waals surface area contributed by atoms with Crippen molar-refractivity contribution in [2.45, 2.75) is 4.90 Å². The number of phenols is 1.